The maximum atomic E-state index is 13.1. The maximum Gasteiger partial charge on any atom is 0.319 e. The summed E-state index contributed by atoms with van der Waals surface area (Å²) in [7, 11) is 1.79. The number of anilines is 1. The number of nitrogens with one attached hydrogen (secondary N) is 2. The Morgan fingerprint density at radius 2 is 2.09 bits per heavy atom. The number of aryl methyl sites for hydroxylation is 1. The number of benzene rings is 1. The summed E-state index contributed by atoms with van der Waals surface area (Å²) in [6.07, 6.45) is 6.66. The number of carbonyl (C=O) groups is 1. The first-order valence-corrected chi connectivity index (χ1v) is 7.43. The number of urea groups is 1. The Balaban J connectivity index is 1.69. The van der Waals surface area contributed by atoms with Crippen molar-refractivity contribution in [2.24, 2.45) is 13.0 Å². The van der Waals surface area contributed by atoms with Gasteiger partial charge in [0.15, 0.2) is 0 Å². The quantitative estimate of drug-likeness (QED) is 0.911. The van der Waals surface area contributed by atoms with E-state index in [1.165, 1.54) is 18.6 Å². The van der Waals surface area contributed by atoms with Crippen molar-refractivity contribution in [3.05, 3.63) is 48.0 Å². The van der Waals surface area contributed by atoms with Crippen molar-refractivity contribution in [2.75, 3.05) is 5.32 Å². The van der Waals surface area contributed by atoms with Crippen molar-refractivity contribution in [2.45, 2.75) is 25.3 Å². The van der Waals surface area contributed by atoms with Crippen molar-refractivity contribution in [1.29, 1.82) is 0 Å². The summed E-state index contributed by atoms with van der Waals surface area (Å²) in [5.74, 6) is 0.140. The molecule has 1 heterocycles. The highest BCUT2D eigenvalue weighted by Crippen LogP contribution is 2.37. The van der Waals surface area contributed by atoms with E-state index in [1.807, 2.05) is 0 Å². The molecule has 116 valence electrons. The topological polar surface area (TPSA) is 59.0 Å². The van der Waals surface area contributed by atoms with Crippen LogP contribution in [-0.4, -0.2) is 15.8 Å². The molecular formula is C16H19FN4O. The third-order valence-electron chi connectivity index (χ3n) is 4.10. The van der Waals surface area contributed by atoms with Gasteiger partial charge in [-0.1, -0.05) is 18.6 Å². The molecule has 0 aliphatic heterocycles. The molecule has 22 heavy (non-hydrogen) atoms. The molecule has 2 amide bonds. The first-order valence-electron chi connectivity index (χ1n) is 7.43. The minimum atomic E-state index is -0.269. The largest absolute Gasteiger partial charge is 0.331 e. The van der Waals surface area contributed by atoms with Crippen LogP contribution in [0.5, 0.6) is 0 Å². The van der Waals surface area contributed by atoms with Gasteiger partial charge in [-0.05, 0) is 36.5 Å². The molecule has 2 aromatic rings. The fraction of sp³-hybridized carbons (Fsp3) is 0.375. The second kappa shape index (κ2) is 6.17. The van der Waals surface area contributed by atoms with E-state index in [-0.39, 0.29) is 17.9 Å². The Hall–Kier alpha value is -2.37. The van der Waals surface area contributed by atoms with Crippen molar-refractivity contribution >= 4 is 11.7 Å². The normalized spacial score (nSPS) is 15.9. The molecule has 1 aliphatic rings. The molecule has 1 unspecified atom stereocenters. The number of amides is 2. The summed E-state index contributed by atoms with van der Waals surface area (Å²) in [5, 5.41) is 9.78. The van der Waals surface area contributed by atoms with E-state index in [2.05, 4.69) is 15.7 Å². The molecule has 2 N–H and O–H groups in total. The van der Waals surface area contributed by atoms with Gasteiger partial charge in [0.25, 0.3) is 0 Å². The van der Waals surface area contributed by atoms with Gasteiger partial charge in [0.1, 0.15) is 5.82 Å². The number of aromatic nitrogens is 2. The first kappa shape index (κ1) is 14.6. The summed E-state index contributed by atoms with van der Waals surface area (Å²) in [6.45, 7) is 0. The highest BCUT2D eigenvalue weighted by atomic mass is 19.1. The third-order valence-corrected chi connectivity index (χ3v) is 4.10. The zero-order valence-corrected chi connectivity index (χ0v) is 12.4. The zero-order valence-electron chi connectivity index (χ0n) is 12.4. The van der Waals surface area contributed by atoms with Crippen LogP contribution in [0.25, 0.3) is 0 Å². The van der Waals surface area contributed by atoms with E-state index in [0.717, 1.165) is 18.4 Å². The maximum absolute atomic E-state index is 13.1. The van der Waals surface area contributed by atoms with Crippen molar-refractivity contribution < 1.29 is 9.18 Å². The molecule has 6 heteroatoms. The molecule has 1 aliphatic carbocycles. The highest BCUT2D eigenvalue weighted by molar-refractivity contribution is 5.89. The van der Waals surface area contributed by atoms with Gasteiger partial charge in [0.05, 0.1) is 17.9 Å². The number of halogens is 1. The van der Waals surface area contributed by atoms with E-state index in [0.29, 0.717) is 11.6 Å². The van der Waals surface area contributed by atoms with Crippen LogP contribution in [0.15, 0.2) is 36.7 Å². The monoisotopic (exact) mass is 302 g/mol. The lowest BCUT2D eigenvalue weighted by Gasteiger charge is -2.34. The Kier molecular flexibility index (Phi) is 4.09. The van der Waals surface area contributed by atoms with Gasteiger partial charge >= 0.3 is 6.03 Å². The van der Waals surface area contributed by atoms with E-state index in [1.54, 1.807) is 36.3 Å². The minimum absolute atomic E-state index is 0.0916. The van der Waals surface area contributed by atoms with Crippen LogP contribution in [0.1, 0.15) is 30.9 Å². The van der Waals surface area contributed by atoms with E-state index in [9.17, 15) is 9.18 Å². The molecule has 1 saturated carbocycles. The average molecular weight is 302 g/mol. The molecule has 5 nitrogen and oxygen atoms in total. The van der Waals surface area contributed by atoms with Crippen molar-refractivity contribution in [1.82, 2.24) is 15.1 Å². The zero-order chi connectivity index (χ0) is 15.5. The lowest BCUT2D eigenvalue weighted by Crippen LogP contribution is -2.38. The Bertz CT molecular complexity index is 648. The minimum Gasteiger partial charge on any atom is -0.331 e. The van der Waals surface area contributed by atoms with Gasteiger partial charge in [-0.2, -0.15) is 5.10 Å². The van der Waals surface area contributed by atoms with Gasteiger partial charge in [0.2, 0.25) is 0 Å². The second-order valence-corrected chi connectivity index (χ2v) is 5.72. The van der Waals surface area contributed by atoms with Crippen LogP contribution in [-0.2, 0) is 7.05 Å². The third kappa shape index (κ3) is 3.27. The van der Waals surface area contributed by atoms with Gasteiger partial charge in [-0.3, -0.25) is 4.68 Å². The molecular weight excluding hydrogens is 283 g/mol. The molecule has 3 rings (SSSR count). The van der Waals surface area contributed by atoms with Crippen LogP contribution >= 0.6 is 0 Å². The summed E-state index contributed by atoms with van der Waals surface area (Å²) < 4.78 is 14.7. The molecule has 0 bridgehead atoms. The number of carbonyl (C=O) groups excluding carboxylic acids is 1. The summed E-state index contributed by atoms with van der Waals surface area (Å²) in [6, 6.07) is 5.98. The molecule has 0 saturated heterocycles. The first-order chi connectivity index (χ1) is 10.6. The molecule has 1 atom stereocenters. The average Bonchev–Trinajstić information content (AvgIpc) is 2.82. The molecule has 1 aromatic heterocycles. The number of nitrogens with zero attached hydrogens (tertiary/aromatic N) is 2. The number of hydrogen-bond donors (Lipinski definition) is 2. The number of hydrogen-bond acceptors (Lipinski definition) is 2. The predicted molar refractivity (Wildman–Crippen MR) is 81.8 cm³/mol. The molecule has 0 radical (unpaired) electrons. The van der Waals surface area contributed by atoms with Gasteiger partial charge in [-0.25, -0.2) is 9.18 Å². The Morgan fingerprint density at radius 1 is 1.36 bits per heavy atom. The van der Waals surface area contributed by atoms with Crippen molar-refractivity contribution in [3.8, 4) is 0 Å². The lowest BCUT2D eigenvalue weighted by atomic mass is 9.77. The Labute approximate surface area is 128 Å². The second-order valence-electron chi connectivity index (χ2n) is 5.72. The van der Waals surface area contributed by atoms with E-state index in [4.69, 9.17) is 0 Å². The fourth-order valence-electron chi connectivity index (χ4n) is 2.71. The summed E-state index contributed by atoms with van der Waals surface area (Å²) >= 11 is 0. The SMILES string of the molecule is Cn1cc(NC(=O)NC(c2ccc(F)cc2)C2CCC2)cn1. The fourth-order valence-corrected chi connectivity index (χ4v) is 2.71. The van der Waals surface area contributed by atoms with Gasteiger partial charge < -0.3 is 10.6 Å². The van der Waals surface area contributed by atoms with E-state index < -0.39 is 0 Å². The predicted octanol–water partition coefficient (Wildman–Crippen LogP) is 3.22. The smallest absolute Gasteiger partial charge is 0.319 e. The Morgan fingerprint density at radius 3 is 2.64 bits per heavy atom. The van der Waals surface area contributed by atoms with Crippen molar-refractivity contribution in [3.63, 3.8) is 0 Å². The summed E-state index contributed by atoms with van der Waals surface area (Å²) in [5.41, 5.74) is 1.58. The lowest BCUT2D eigenvalue weighted by molar-refractivity contribution is 0.216. The highest BCUT2D eigenvalue weighted by Gasteiger charge is 2.29. The van der Waals surface area contributed by atoms with Crippen LogP contribution in [0.3, 0.4) is 0 Å². The number of rotatable bonds is 4. The van der Waals surface area contributed by atoms with E-state index >= 15 is 0 Å². The van der Waals surface area contributed by atoms with Gasteiger partial charge in [-0.15, -0.1) is 0 Å². The van der Waals surface area contributed by atoms with Crippen LogP contribution in [0.2, 0.25) is 0 Å². The van der Waals surface area contributed by atoms with Gasteiger partial charge in [0, 0.05) is 13.2 Å². The summed E-state index contributed by atoms with van der Waals surface area (Å²) in [4.78, 5) is 12.2. The molecule has 1 fully saturated rings. The van der Waals surface area contributed by atoms with Crippen LogP contribution < -0.4 is 10.6 Å². The molecule has 1 aromatic carbocycles. The standard InChI is InChI=1S/C16H19FN4O/c1-21-10-14(9-18-21)19-16(22)20-15(11-3-2-4-11)12-5-7-13(17)8-6-12/h5-11,15H,2-4H2,1H3,(H2,19,20,22). The van der Waals surface area contributed by atoms with Crippen LogP contribution in [0, 0.1) is 11.7 Å². The molecule has 0 spiro atoms. The van der Waals surface area contributed by atoms with Crippen LogP contribution in [0.4, 0.5) is 14.9 Å².